The van der Waals surface area contributed by atoms with Gasteiger partial charge in [-0.05, 0) is 42.3 Å². The number of fused-ring (bicyclic) bond motifs is 2. The quantitative estimate of drug-likeness (QED) is 0.129. The van der Waals surface area contributed by atoms with Crippen LogP contribution in [0.15, 0.2) is 65.1 Å². The summed E-state index contributed by atoms with van der Waals surface area (Å²) in [6.45, 7) is 2.62. The van der Waals surface area contributed by atoms with Gasteiger partial charge in [0.1, 0.15) is 11.3 Å². The second-order valence-corrected chi connectivity index (χ2v) is 8.39. The minimum atomic E-state index is -0.325. The molecule has 0 saturated heterocycles. The number of anilines is 1. The Morgan fingerprint density at radius 1 is 0.939 bits per heavy atom. The van der Waals surface area contributed by atoms with Crippen LogP contribution in [-0.4, -0.2) is 12.6 Å². The number of nitrogens with two attached hydrogens (primary N) is 1. The van der Waals surface area contributed by atoms with Crippen LogP contribution in [0.25, 0.3) is 33.4 Å². The highest BCUT2D eigenvalue weighted by molar-refractivity contribution is 6.08. The minimum Gasteiger partial charge on any atom is -0.462 e. The van der Waals surface area contributed by atoms with E-state index in [1.54, 1.807) is 24.3 Å². The van der Waals surface area contributed by atoms with Gasteiger partial charge in [-0.3, -0.25) is 0 Å². The Morgan fingerprint density at radius 2 is 1.73 bits per heavy atom. The number of ether oxygens (including phenoxy) is 1. The predicted molar refractivity (Wildman–Crippen MR) is 132 cm³/mol. The molecule has 1 aliphatic heterocycles. The van der Waals surface area contributed by atoms with E-state index in [2.05, 4.69) is 6.92 Å². The summed E-state index contributed by atoms with van der Waals surface area (Å²) in [6.07, 6.45) is 6.83. The number of carbonyl (C=O) groups excluding carboxylic acids is 1. The summed E-state index contributed by atoms with van der Waals surface area (Å²) in [7, 11) is 0. The topological polar surface area (TPSA) is 89.3 Å². The van der Waals surface area contributed by atoms with Crippen LogP contribution >= 0.6 is 0 Å². The number of nitrogen functional groups attached to an aromatic ring is 1. The first-order valence-electron chi connectivity index (χ1n) is 11.7. The lowest BCUT2D eigenvalue weighted by Crippen LogP contribution is -2.09. The Balaban J connectivity index is 1.69. The van der Waals surface area contributed by atoms with Gasteiger partial charge in [-0.2, -0.15) is 0 Å². The summed E-state index contributed by atoms with van der Waals surface area (Å²) >= 11 is 0. The molecule has 170 valence electrons. The Labute approximate surface area is 194 Å². The van der Waals surface area contributed by atoms with Gasteiger partial charge >= 0.3 is 5.97 Å². The molecule has 33 heavy (non-hydrogen) atoms. The molecule has 0 atom stereocenters. The Kier molecular flexibility index (Phi) is 7.08. The first-order chi connectivity index (χ1) is 16.1. The lowest BCUT2D eigenvalue weighted by atomic mass is 9.90. The van der Waals surface area contributed by atoms with Gasteiger partial charge in [-0.25, -0.2) is 4.79 Å². The van der Waals surface area contributed by atoms with E-state index in [4.69, 9.17) is 20.3 Å². The van der Waals surface area contributed by atoms with E-state index in [1.807, 2.05) is 36.4 Å². The second-order valence-electron chi connectivity index (χ2n) is 8.39. The van der Waals surface area contributed by atoms with E-state index in [0.717, 1.165) is 34.9 Å². The van der Waals surface area contributed by atoms with Crippen LogP contribution < -0.4 is 11.1 Å². The Bertz CT molecular complexity index is 1290. The molecule has 2 aromatic carbocycles. The number of rotatable bonds is 9. The maximum atomic E-state index is 13.1. The van der Waals surface area contributed by atoms with Gasteiger partial charge in [0.2, 0.25) is 0 Å². The fourth-order valence-corrected chi connectivity index (χ4v) is 4.20. The molecular formula is C28H30N2O3. The zero-order valence-corrected chi connectivity index (χ0v) is 19.0. The van der Waals surface area contributed by atoms with Crippen molar-refractivity contribution in [3.05, 3.63) is 71.6 Å². The largest absolute Gasteiger partial charge is 0.462 e. The summed E-state index contributed by atoms with van der Waals surface area (Å²) in [5.41, 5.74) is 10.2. The van der Waals surface area contributed by atoms with E-state index >= 15 is 0 Å². The molecular weight excluding hydrogens is 412 g/mol. The van der Waals surface area contributed by atoms with Crippen molar-refractivity contribution in [3.8, 4) is 22.5 Å². The van der Waals surface area contributed by atoms with Crippen LogP contribution in [0.2, 0.25) is 0 Å². The molecule has 0 unspecified atom stereocenters. The van der Waals surface area contributed by atoms with Crippen molar-refractivity contribution in [2.75, 3.05) is 12.3 Å². The molecule has 2 aliphatic rings. The Hall–Kier alpha value is -3.60. The maximum absolute atomic E-state index is 13.1. The summed E-state index contributed by atoms with van der Waals surface area (Å²) in [4.78, 5) is 13.1. The van der Waals surface area contributed by atoms with E-state index in [1.165, 1.54) is 25.7 Å². The van der Waals surface area contributed by atoms with Crippen molar-refractivity contribution in [2.45, 2.75) is 45.4 Å². The van der Waals surface area contributed by atoms with Crippen LogP contribution in [0.4, 0.5) is 5.69 Å². The van der Waals surface area contributed by atoms with Crippen LogP contribution in [0.1, 0.15) is 55.8 Å². The fraction of sp³-hybridized carbons (Fsp3) is 0.286. The van der Waals surface area contributed by atoms with Crippen molar-refractivity contribution in [3.63, 3.8) is 0 Å². The molecule has 0 spiro atoms. The average molecular weight is 443 g/mol. The zero-order valence-electron chi connectivity index (χ0n) is 19.0. The maximum Gasteiger partial charge on any atom is 0.338 e. The van der Waals surface area contributed by atoms with Gasteiger partial charge in [0.05, 0.1) is 17.5 Å². The number of hydrogen-bond donors (Lipinski definition) is 2. The van der Waals surface area contributed by atoms with Crippen molar-refractivity contribution in [1.29, 1.82) is 5.41 Å². The van der Waals surface area contributed by atoms with E-state index in [-0.39, 0.29) is 5.97 Å². The highest BCUT2D eigenvalue weighted by Crippen LogP contribution is 2.41. The number of carbonyl (C=O) groups is 1. The van der Waals surface area contributed by atoms with E-state index in [9.17, 15) is 4.79 Å². The normalized spacial score (nSPS) is 11.2. The Morgan fingerprint density at radius 3 is 2.58 bits per heavy atom. The van der Waals surface area contributed by atoms with Gasteiger partial charge in [-0.1, -0.05) is 57.2 Å². The highest BCUT2D eigenvalue weighted by Gasteiger charge is 2.22. The first kappa shape index (κ1) is 22.6. The molecule has 0 fully saturated rings. The van der Waals surface area contributed by atoms with Crippen molar-refractivity contribution < 1.29 is 13.9 Å². The van der Waals surface area contributed by atoms with Crippen LogP contribution in [-0.2, 0) is 4.74 Å². The summed E-state index contributed by atoms with van der Waals surface area (Å²) in [6, 6.07) is 18.3. The molecule has 0 bridgehead atoms. The summed E-state index contributed by atoms with van der Waals surface area (Å²) in [5.74, 6) is 0.250. The van der Waals surface area contributed by atoms with Gasteiger partial charge in [0, 0.05) is 34.3 Å². The number of hydrogen-bond acceptors (Lipinski definition) is 5. The summed E-state index contributed by atoms with van der Waals surface area (Å²) < 4.78 is 11.7. The lowest BCUT2D eigenvalue weighted by molar-refractivity contribution is 0.0498. The van der Waals surface area contributed by atoms with Crippen molar-refractivity contribution in [1.82, 2.24) is 0 Å². The molecule has 0 radical (unpaired) electrons. The minimum absolute atomic E-state index is 0.325. The average Bonchev–Trinajstić information content (AvgIpc) is 2.81. The number of nitrogens with one attached hydrogen (secondary N) is 1. The fourth-order valence-electron chi connectivity index (χ4n) is 4.20. The molecule has 5 nitrogen and oxygen atoms in total. The number of benzene rings is 3. The third-order valence-corrected chi connectivity index (χ3v) is 5.89. The summed E-state index contributed by atoms with van der Waals surface area (Å²) in [5, 5.41) is 9.21. The van der Waals surface area contributed by atoms with Gasteiger partial charge < -0.3 is 20.3 Å². The predicted octanol–water partition coefficient (Wildman–Crippen LogP) is 6.78. The van der Waals surface area contributed by atoms with Crippen LogP contribution in [0.5, 0.6) is 0 Å². The molecule has 0 amide bonds. The smallest absolute Gasteiger partial charge is 0.338 e. The molecule has 2 aromatic rings. The lowest BCUT2D eigenvalue weighted by Gasteiger charge is -2.17. The standard InChI is InChI=1S/C28H30N2O3/c1-2-3-4-5-6-9-16-32-28(31)22-11-8-7-10-21(22)27-23-14-12-19(29)17-25(23)33-26-18-20(30)13-15-24(26)27/h7-8,10-15,17-18,29H,2-6,9,16,30H2,1H3. The molecule has 1 heterocycles. The van der Waals surface area contributed by atoms with Crippen molar-refractivity contribution in [2.24, 2.45) is 0 Å². The zero-order chi connectivity index (χ0) is 23.2. The molecule has 0 aromatic heterocycles. The third-order valence-electron chi connectivity index (χ3n) is 5.89. The van der Waals surface area contributed by atoms with Gasteiger partial charge in [0.15, 0.2) is 0 Å². The number of unbranched alkanes of at least 4 members (excludes halogenated alkanes) is 5. The molecule has 1 aliphatic carbocycles. The van der Waals surface area contributed by atoms with Gasteiger partial charge in [-0.15, -0.1) is 0 Å². The second kappa shape index (κ2) is 10.3. The molecule has 4 rings (SSSR count). The van der Waals surface area contributed by atoms with Crippen molar-refractivity contribution >= 4 is 22.6 Å². The third kappa shape index (κ3) is 5.08. The van der Waals surface area contributed by atoms with E-state index in [0.29, 0.717) is 34.6 Å². The molecule has 0 saturated carbocycles. The van der Waals surface area contributed by atoms with Crippen LogP contribution in [0.3, 0.4) is 0 Å². The SMILES string of the molecule is CCCCCCCCOC(=O)c1ccccc1-c1c2ccc(=N)cc-2oc2cc(N)ccc12. The van der Waals surface area contributed by atoms with E-state index < -0.39 is 0 Å². The van der Waals surface area contributed by atoms with Crippen LogP contribution in [0, 0.1) is 5.41 Å². The highest BCUT2D eigenvalue weighted by atomic mass is 16.5. The van der Waals surface area contributed by atoms with Gasteiger partial charge in [0.25, 0.3) is 0 Å². The molecule has 5 heteroatoms. The molecule has 3 N–H and O–H groups in total. The first-order valence-corrected chi connectivity index (χ1v) is 11.7. The monoisotopic (exact) mass is 442 g/mol. The number of esters is 1.